The Bertz CT molecular complexity index is 1390. The summed E-state index contributed by atoms with van der Waals surface area (Å²) in [7, 11) is 0. The number of halogens is 4. The zero-order valence-corrected chi connectivity index (χ0v) is 19.4. The third kappa shape index (κ3) is 4.10. The van der Waals surface area contributed by atoms with Gasteiger partial charge in [0, 0.05) is 30.2 Å². The van der Waals surface area contributed by atoms with Crippen LogP contribution in [0.5, 0.6) is 0 Å². The number of fused-ring (bicyclic) bond motifs is 1. The lowest BCUT2D eigenvalue weighted by atomic mass is 9.96. The standard InChI is InChI=1S/C25H21F4N3O2S/c1-13-30-17-7-4-15(12-18(17)31-13)20-23(28)21(26)19(22(27)24(20)29)14-2-5-16(6-3-14)25(33,34)32-8-10-35-11-9-32/h2-7,12,33-34H,8-11H2,1H3,(H,30,31). The van der Waals surface area contributed by atoms with Crippen LogP contribution in [-0.4, -0.2) is 49.7 Å². The van der Waals surface area contributed by atoms with Crippen molar-refractivity contribution in [3.05, 3.63) is 77.1 Å². The van der Waals surface area contributed by atoms with Crippen molar-refractivity contribution in [2.24, 2.45) is 0 Å². The van der Waals surface area contributed by atoms with Gasteiger partial charge in [0.2, 0.25) is 0 Å². The van der Waals surface area contributed by atoms with Crippen LogP contribution in [0.2, 0.25) is 0 Å². The molecule has 1 aromatic heterocycles. The van der Waals surface area contributed by atoms with Gasteiger partial charge >= 0.3 is 0 Å². The van der Waals surface area contributed by atoms with Crippen molar-refractivity contribution in [3.63, 3.8) is 0 Å². The number of imidazole rings is 1. The number of aromatic nitrogens is 2. The van der Waals surface area contributed by atoms with Crippen LogP contribution in [0.4, 0.5) is 17.6 Å². The number of thioether (sulfide) groups is 1. The number of hydrogen-bond donors (Lipinski definition) is 3. The molecule has 35 heavy (non-hydrogen) atoms. The van der Waals surface area contributed by atoms with Crippen LogP contribution in [0.1, 0.15) is 11.4 Å². The lowest BCUT2D eigenvalue weighted by Gasteiger charge is -2.37. The van der Waals surface area contributed by atoms with E-state index in [0.717, 1.165) is 11.5 Å². The molecule has 4 aromatic rings. The second kappa shape index (κ2) is 8.94. The molecular weight excluding hydrogens is 482 g/mol. The van der Waals surface area contributed by atoms with Crippen LogP contribution >= 0.6 is 11.8 Å². The summed E-state index contributed by atoms with van der Waals surface area (Å²) in [6.07, 6.45) is 0. The number of aliphatic hydroxyl groups is 2. The average molecular weight is 504 g/mol. The van der Waals surface area contributed by atoms with Crippen molar-refractivity contribution in [2.45, 2.75) is 12.8 Å². The summed E-state index contributed by atoms with van der Waals surface area (Å²) in [4.78, 5) is 8.61. The molecule has 0 saturated carbocycles. The quantitative estimate of drug-likeness (QED) is 0.210. The largest absolute Gasteiger partial charge is 0.349 e. The van der Waals surface area contributed by atoms with E-state index >= 15 is 17.6 Å². The second-order valence-corrected chi connectivity index (χ2v) is 9.60. The predicted molar refractivity (Wildman–Crippen MR) is 127 cm³/mol. The summed E-state index contributed by atoms with van der Waals surface area (Å²) >= 11 is 1.69. The van der Waals surface area contributed by atoms with E-state index in [9.17, 15) is 10.2 Å². The number of benzene rings is 3. The van der Waals surface area contributed by atoms with Crippen molar-refractivity contribution in [1.29, 1.82) is 0 Å². The van der Waals surface area contributed by atoms with E-state index in [0.29, 0.717) is 29.9 Å². The molecule has 1 saturated heterocycles. The van der Waals surface area contributed by atoms with E-state index in [2.05, 4.69) is 9.97 Å². The Hall–Kier alpha value is -2.92. The van der Waals surface area contributed by atoms with Crippen LogP contribution < -0.4 is 0 Å². The first-order valence-corrected chi connectivity index (χ1v) is 12.0. The van der Waals surface area contributed by atoms with E-state index in [-0.39, 0.29) is 16.7 Å². The summed E-state index contributed by atoms with van der Waals surface area (Å²) in [6, 6.07) is 9.18. The van der Waals surface area contributed by atoms with Crippen molar-refractivity contribution in [3.8, 4) is 22.3 Å². The van der Waals surface area contributed by atoms with E-state index in [4.69, 9.17) is 0 Å². The second-order valence-electron chi connectivity index (χ2n) is 8.37. The molecule has 182 valence electrons. The van der Waals surface area contributed by atoms with Gasteiger partial charge in [0.1, 0.15) is 5.82 Å². The number of nitrogens with zero attached hydrogens (tertiary/aromatic N) is 2. The summed E-state index contributed by atoms with van der Waals surface area (Å²) in [6.45, 7) is 2.61. The van der Waals surface area contributed by atoms with Gasteiger partial charge < -0.3 is 15.2 Å². The first kappa shape index (κ1) is 23.8. The SMILES string of the molecule is Cc1nc2ccc(-c3c(F)c(F)c(-c4ccc(C(O)(O)N5CCSCC5)cc4)c(F)c3F)cc2[nH]1. The van der Waals surface area contributed by atoms with Crippen LogP contribution in [0.3, 0.4) is 0 Å². The Morgan fingerprint density at radius 1 is 0.857 bits per heavy atom. The molecule has 1 aliphatic rings. The molecular formula is C25H21F4N3O2S. The van der Waals surface area contributed by atoms with Gasteiger partial charge in [0.15, 0.2) is 23.3 Å². The minimum Gasteiger partial charge on any atom is -0.349 e. The maximum absolute atomic E-state index is 15.1. The molecule has 0 amide bonds. The third-order valence-electron chi connectivity index (χ3n) is 6.17. The molecule has 0 aliphatic carbocycles. The molecule has 0 atom stereocenters. The molecule has 3 N–H and O–H groups in total. The maximum atomic E-state index is 15.1. The number of nitrogens with one attached hydrogen (secondary N) is 1. The molecule has 1 fully saturated rings. The number of aryl methyl sites for hydroxylation is 1. The molecule has 0 unspecified atom stereocenters. The van der Waals surface area contributed by atoms with E-state index < -0.39 is 40.3 Å². The van der Waals surface area contributed by atoms with Crippen molar-refractivity contribution < 1.29 is 27.8 Å². The fourth-order valence-corrected chi connectivity index (χ4v) is 5.25. The third-order valence-corrected chi connectivity index (χ3v) is 7.11. The van der Waals surface area contributed by atoms with Gasteiger partial charge in [-0.05, 0) is 30.2 Å². The van der Waals surface area contributed by atoms with Gasteiger partial charge in [-0.2, -0.15) is 11.8 Å². The number of rotatable bonds is 4. The Labute approximate surface area is 202 Å². The minimum absolute atomic E-state index is 0.0408. The number of H-pyrrole nitrogens is 1. The monoisotopic (exact) mass is 503 g/mol. The molecule has 0 bridgehead atoms. The molecule has 2 heterocycles. The number of hydrogen-bond acceptors (Lipinski definition) is 5. The fraction of sp³-hybridized carbons (Fsp3) is 0.240. The zero-order chi connectivity index (χ0) is 24.9. The molecule has 3 aromatic carbocycles. The Balaban J connectivity index is 1.54. The van der Waals surface area contributed by atoms with E-state index in [1.165, 1.54) is 47.4 Å². The first-order valence-electron chi connectivity index (χ1n) is 10.9. The summed E-state index contributed by atoms with van der Waals surface area (Å²) in [5, 5.41) is 21.2. The normalized spacial score (nSPS) is 15.2. The highest BCUT2D eigenvalue weighted by atomic mass is 32.2. The van der Waals surface area contributed by atoms with Crippen molar-refractivity contribution in [2.75, 3.05) is 24.6 Å². The van der Waals surface area contributed by atoms with Crippen LogP contribution in [0, 0.1) is 30.2 Å². The lowest BCUT2D eigenvalue weighted by Crippen LogP contribution is -2.49. The topological polar surface area (TPSA) is 72.4 Å². The van der Waals surface area contributed by atoms with E-state index in [1.807, 2.05) is 0 Å². The maximum Gasteiger partial charge on any atom is 0.253 e. The highest BCUT2D eigenvalue weighted by Crippen LogP contribution is 2.38. The van der Waals surface area contributed by atoms with E-state index in [1.54, 1.807) is 18.7 Å². The zero-order valence-electron chi connectivity index (χ0n) is 18.6. The van der Waals surface area contributed by atoms with Gasteiger partial charge in [-0.15, -0.1) is 0 Å². The molecule has 0 radical (unpaired) electrons. The highest BCUT2D eigenvalue weighted by Gasteiger charge is 2.35. The molecule has 1 aliphatic heterocycles. The Kier molecular flexibility index (Phi) is 6.08. The van der Waals surface area contributed by atoms with Gasteiger partial charge in [-0.1, -0.05) is 30.3 Å². The van der Waals surface area contributed by atoms with Gasteiger partial charge in [-0.25, -0.2) is 27.4 Å². The van der Waals surface area contributed by atoms with Crippen LogP contribution in [0.15, 0.2) is 42.5 Å². The summed E-state index contributed by atoms with van der Waals surface area (Å²) in [5.41, 5.74) is -0.764. The average Bonchev–Trinajstić information content (AvgIpc) is 3.23. The lowest BCUT2D eigenvalue weighted by molar-refractivity contribution is -0.273. The summed E-state index contributed by atoms with van der Waals surface area (Å²) in [5.74, 6) is -6.36. The first-order chi connectivity index (χ1) is 16.7. The Morgan fingerprint density at radius 2 is 1.40 bits per heavy atom. The predicted octanol–water partition coefficient (Wildman–Crippen LogP) is 4.91. The molecule has 0 spiro atoms. The van der Waals surface area contributed by atoms with Crippen molar-refractivity contribution >= 4 is 22.8 Å². The van der Waals surface area contributed by atoms with Crippen LogP contribution in [0.25, 0.3) is 33.3 Å². The summed E-state index contributed by atoms with van der Waals surface area (Å²) < 4.78 is 60.4. The molecule has 10 heteroatoms. The molecule has 5 rings (SSSR count). The van der Waals surface area contributed by atoms with Gasteiger partial charge in [0.25, 0.3) is 5.91 Å². The molecule has 5 nitrogen and oxygen atoms in total. The van der Waals surface area contributed by atoms with Gasteiger partial charge in [-0.3, -0.25) is 0 Å². The minimum atomic E-state index is -2.28. The smallest absolute Gasteiger partial charge is 0.253 e. The fourth-order valence-electron chi connectivity index (χ4n) is 4.35. The van der Waals surface area contributed by atoms with Crippen LogP contribution in [-0.2, 0) is 5.91 Å². The van der Waals surface area contributed by atoms with Gasteiger partial charge in [0.05, 0.1) is 22.2 Å². The number of aromatic amines is 1. The highest BCUT2D eigenvalue weighted by molar-refractivity contribution is 7.99. The Morgan fingerprint density at radius 3 is 2.00 bits per heavy atom. The van der Waals surface area contributed by atoms with Crippen molar-refractivity contribution in [1.82, 2.24) is 14.9 Å².